The van der Waals surface area contributed by atoms with E-state index in [0.29, 0.717) is 5.95 Å². The predicted octanol–water partition coefficient (Wildman–Crippen LogP) is 3.77. The van der Waals surface area contributed by atoms with Gasteiger partial charge in [0.2, 0.25) is 5.95 Å². The fourth-order valence-electron chi connectivity index (χ4n) is 3.32. The van der Waals surface area contributed by atoms with E-state index in [9.17, 15) is 0 Å². The van der Waals surface area contributed by atoms with Gasteiger partial charge in [-0.2, -0.15) is 0 Å². The predicted molar refractivity (Wildman–Crippen MR) is 115 cm³/mol. The van der Waals surface area contributed by atoms with Crippen molar-refractivity contribution in [3.63, 3.8) is 0 Å². The molecule has 1 saturated heterocycles. The number of aromatic nitrogens is 2. The number of hydrogen-bond acceptors (Lipinski definition) is 6. The van der Waals surface area contributed by atoms with Crippen molar-refractivity contribution in [1.82, 2.24) is 14.9 Å². The van der Waals surface area contributed by atoms with Gasteiger partial charge < -0.3 is 14.8 Å². The van der Waals surface area contributed by atoms with E-state index in [-0.39, 0.29) is 0 Å². The van der Waals surface area contributed by atoms with Gasteiger partial charge in [-0.15, -0.1) is 0 Å². The lowest BCUT2D eigenvalue weighted by Crippen LogP contribution is -2.37. The highest BCUT2D eigenvalue weighted by Gasteiger charge is 2.09. The van der Waals surface area contributed by atoms with E-state index in [2.05, 4.69) is 44.5 Å². The summed E-state index contributed by atoms with van der Waals surface area (Å²) in [4.78, 5) is 11.3. The lowest BCUT2D eigenvalue weighted by Gasteiger charge is -2.26. The van der Waals surface area contributed by atoms with E-state index in [1.807, 2.05) is 36.7 Å². The summed E-state index contributed by atoms with van der Waals surface area (Å²) in [6.07, 6.45) is 4.70. The fraction of sp³-hybridized carbons (Fsp3) is 0.304. The summed E-state index contributed by atoms with van der Waals surface area (Å²) in [6, 6.07) is 16.3. The summed E-state index contributed by atoms with van der Waals surface area (Å²) in [7, 11) is 1.66. The molecule has 3 aromatic rings. The summed E-state index contributed by atoms with van der Waals surface area (Å²) in [5, 5.41) is 3.26. The first-order chi connectivity index (χ1) is 14.3. The highest BCUT2D eigenvalue weighted by atomic mass is 16.5. The Bertz CT molecular complexity index is 890. The number of hydrogen-bond donors (Lipinski definition) is 1. The zero-order valence-corrected chi connectivity index (χ0v) is 16.7. The quantitative estimate of drug-likeness (QED) is 0.663. The van der Waals surface area contributed by atoms with E-state index in [4.69, 9.17) is 9.47 Å². The van der Waals surface area contributed by atoms with Crippen LogP contribution in [-0.2, 0) is 11.2 Å². The molecule has 1 fully saturated rings. The molecule has 4 rings (SSSR count). The number of methoxy groups -OCH3 is 1. The van der Waals surface area contributed by atoms with E-state index in [1.165, 1.54) is 5.56 Å². The molecular weight excluding hydrogens is 364 g/mol. The van der Waals surface area contributed by atoms with E-state index >= 15 is 0 Å². The molecular formula is C23H26N4O2. The van der Waals surface area contributed by atoms with Gasteiger partial charge in [-0.05, 0) is 41.8 Å². The molecule has 0 radical (unpaired) electrons. The maximum Gasteiger partial charge on any atom is 0.227 e. The van der Waals surface area contributed by atoms with Crippen LogP contribution in [0.15, 0.2) is 60.9 Å². The highest BCUT2D eigenvalue weighted by molar-refractivity contribution is 5.63. The number of rotatable bonds is 7. The second-order valence-corrected chi connectivity index (χ2v) is 7.05. The third-order valence-corrected chi connectivity index (χ3v) is 5.11. The molecule has 0 spiro atoms. The zero-order chi connectivity index (χ0) is 19.9. The van der Waals surface area contributed by atoms with Gasteiger partial charge in [0.25, 0.3) is 0 Å². The number of nitrogens with one attached hydrogen (secondary N) is 1. The molecule has 6 heteroatoms. The number of anilines is 2. The second-order valence-electron chi connectivity index (χ2n) is 7.05. The number of morpholine rings is 1. The molecule has 0 unspecified atom stereocenters. The molecule has 0 bridgehead atoms. The van der Waals surface area contributed by atoms with Gasteiger partial charge in [0.15, 0.2) is 0 Å². The Balaban J connectivity index is 1.32. The van der Waals surface area contributed by atoms with E-state index in [1.54, 1.807) is 7.11 Å². The monoisotopic (exact) mass is 390 g/mol. The zero-order valence-electron chi connectivity index (χ0n) is 16.7. The Morgan fingerprint density at radius 1 is 0.931 bits per heavy atom. The van der Waals surface area contributed by atoms with Gasteiger partial charge in [-0.3, -0.25) is 4.90 Å². The minimum Gasteiger partial charge on any atom is -0.497 e. The molecule has 2 heterocycles. The Labute approximate surface area is 171 Å². The van der Waals surface area contributed by atoms with Crippen molar-refractivity contribution in [3.8, 4) is 16.9 Å². The smallest absolute Gasteiger partial charge is 0.227 e. The third-order valence-electron chi connectivity index (χ3n) is 5.11. The molecule has 1 aliphatic rings. The van der Waals surface area contributed by atoms with Crippen molar-refractivity contribution in [2.75, 3.05) is 45.3 Å². The molecule has 150 valence electrons. The first-order valence-corrected chi connectivity index (χ1v) is 9.93. The van der Waals surface area contributed by atoms with Crippen LogP contribution in [0.25, 0.3) is 11.1 Å². The van der Waals surface area contributed by atoms with Crippen LogP contribution in [0.5, 0.6) is 5.75 Å². The minimum absolute atomic E-state index is 0.586. The second kappa shape index (κ2) is 9.49. The van der Waals surface area contributed by atoms with Crippen molar-refractivity contribution >= 4 is 11.6 Å². The Kier molecular flexibility index (Phi) is 6.34. The van der Waals surface area contributed by atoms with Crippen LogP contribution >= 0.6 is 0 Å². The van der Waals surface area contributed by atoms with Gasteiger partial charge in [-0.1, -0.05) is 24.3 Å². The first kappa shape index (κ1) is 19.4. The summed E-state index contributed by atoms with van der Waals surface area (Å²) in [5.41, 5.74) is 4.34. The van der Waals surface area contributed by atoms with E-state index < -0.39 is 0 Å². The lowest BCUT2D eigenvalue weighted by molar-refractivity contribution is 0.0384. The molecule has 1 aromatic heterocycles. The van der Waals surface area contributed by atoms with Crippen molar-refractivity contribution in [1.29, 1.82) is 0 Å². The van der Waals surface area contributed by atoms with Crippen LogP contribution < -0.4 is 10.1 Å². The van der Waals surface area contributed by atoms with Crippen LogP contribution in [0.1, 0.15) is 5.56 Å². The number of nitrogens with zero attached hydrogens (tertiary/aromatic N) is 3. The maximum absolute atomic E-state index is 5.40. The summed E-state index contributed by atoms with van der Waals surface area (Å²) in [6.45, 7) is 4.83. The fourth-order valence-corrected chi connectivity index (χ4v) is 3.32. The Morgan fingerprint density at radius 2 is 1.62 bits per heavy atom. The molecule has 2 aromatic carbocycles. The molecule has 1 aliphatic heterocycles. The van der Waals surface area contributed by atoms with Crippen molar-refractivity contribution < 1.29 is 9.47 Å². The number of benzene rings is 2. The molecule has 0 saturated carbocycles. The van der Waals surface area contributed by atoms with Gasteiger partial charge >= 0.3 is 0 Å². The summed E-state index contributed by atoms with van der Waals surface area (Å²) >= 11 is 0. The Morgan fingerprint density at radius 3 is 2.28 bits per heavy atom. The minimum atomic E-state index is 0.586. The van der Waals surface area contributed by atoms with Gasteiger partial charge in [0, 0.05) is 43.3 Å². The van der Waals surface area contributed by atoms with Crippen LogP contribution in [0.4, 0.5) is 11.6 Å². The average Bonchev–Trinajstić information content (AvgIpc) is 2.80. The van der Waals surface area contributed by atoms with Crippen molar-refractivity contribution in [2.24, 2.45) is 0 Å². The molecule has 0 amide bonds. The van der Waals surface area contributed by atoms with Crippen LogP contribution in [0.2, 0.25) is 0 Å². The normalized spacial score (nSPS) is 14.5. The average molecular weight is 390 g/mol. The Hall–Kier alpha value is -2.96. The number of ether oxygens (including phenoxy) is 2. The maximum atomic E-state index is 5.40. The van der Waals surface area contributed by atoms with Crippen LogP contribution in [0, 0.1) is 0 Å². The van der Waals surface area contributed by atoms with E-state index in [0.717, 1.165) is 61.8 Å². The molecule has 29 heavy (non-hydrogen) atoms. The molecule has 0 atom stereocenters. The summed E-state index contributed by atoms with van der Waals surface area (Å²) in [5.74, 6) is 1.42. The van der Waals surface area contributed by atoms with Crippen LogP contribution in [0.3, 0.4) is 0 Å². The van der Waals surface area contributed by atoms with Crippen molar-refractivity contribution in [3.05, 3.63) is 66.5 Å². The van der Waals surface area contributed by atoms with Gasteiger partial charge in [-0.25, -0.2) is 9.97 Å². The van der Waals surface area contributed by atoms with Gasteiger partial charge in [0.05, 0.1) is 20.3 Å². The largest absolute Gasteiger partial charge is 0.497 e. The molecule has 0 aliphatic carbocycles. The third kappa shape index (κ3) is 5.31. The van der Waals surface area contributed by atoms with Crippen LogP contribution in [-0.4, -0.2) is 54.8 Å². The molecule has 6 nitrogen and oxygen atoms in total. The SMILES string of the molecule is COc1ccc(-c2cnc(Nc3ccc(CCN4CCOCC4)cc3)nc2)cc1. The molecule has 1 N–H and O–H groups in total. The van der Waals surface area contributed by atoms with Crippen molar-refractivity contribution in [2.45, 2.75) is 6.42 Å². The van der Waals surface area contributed by atoms with Gasteiger partial charge in [0.1, 0.15) is 5.75 Å². The highest BCUT2D eigenvalue weighted by Crippen LogP contribution is 2.22. The standard InChI is InChI=1S/C23H26N4O2/c1-28-22-8-4-19(5-9-22)20-16-24-23(25-17-20)26-21-6-2-18(3-7-21)10-11-27-12-14-29-15-13-27/h2-9,16-17H,10-15H2,1H3,(H,24,25,26). The first-order valence-electron chi connectivity index (χ1n) is 9.93. The lowest BCUT2D eigenvalue weighted by atomic mass is 10.1. The summed E-state index contributed by atoms with van der Waals surface area (Å²) < 4.78 is 10.6. The topological polar surface area (TPSA) is 59.5 Å².